The van der Waals surface area contributed by atoms with E-state index in [1.54, 1.807) is 0 Å². The molecular formula is C20H40O3. The maximum Gasteiger partial charge on any atom is 0.306 e. The van der Waals surface area contributed by atoms with Crippen molar-refractivity contribution in [3.05, 3.63) is 0 Å². The van der Waals surface area contributed by atoms with Crippen molar-refractivity contribution in [1.82, 2.24) is 0 Å². The Balaban J connectivity index is 3.74. The highest BCUT2D eigenvalue weighted by molar-refractivity contribution is 5.68. The first-order valence-corrected chi connectivity index (χ1v) is 9.67. The summed E-state index contributed by atoms with van der Waals surface area (Å²) in [6.07, 6.45) is 14.3. The van der Waals surface area contributed by atoms with E-state index >= 15 is 0 Å². The van der Waals surface area contributed by atoms with Gasteiger partial charge in [-0.15, -0.1) is 0 Å². The maximum atomic E-state index is 11.0. The number of aliphatic hydroxyl groups is 1. The fourth-order valence-electron chi connectivity index (χ4n) is 3.06. The molecule has 0 radical (unpaired) electrons. The summed E-state index contributed by atoms with van der Waals surface area (Å²) < 4.78 is 0. The van der Waals surface area contributed by atoms with Crippen molar-refractivity contribution in [2.24, 2.45) is 5.41 Å². The highest BCUT2D eigenvalue weighted by Crippen LogP contribution is 2.37. The third-order valence-corrected chi connectivity index (χ3v) is 5.03. The van der Waals surface area contributed by atoms with E-state index in [0.29, 0.717) is 6.42 Å². The van der Waals surface area contributed by atoms with Crippen LogP contribution in [0, 0.1) is 5.41 Å². The minimum Gasteiger partial charge on any atom is -0.481 e. The summed E-state index contributed by atoms with van der Waals surface area (Å²) in [5, 5.41) is 19.7. The molecular weight excluding hydrogens is 288 g/mol. The first-order chi connectivity index (χ1) is 10.7. The van der Waals surface area contributed by atoms with Gasteiger partial charge in [-0.2, -0.15) is 0 Å². The number of unbranched alkanes of at least 4 members (excludes halogenated alkanes) is 10. The predicted molar refractivity (Wildman–Crippen MR) is 97.7 cm³/mol. The number of carboxylic acids is 1. The summed E-state index contributed by atoms with van der Waals surface area (Å²) in [6, 6.07) is 0. The Labute approximate surface area is 143 Å². The Kier molecular flexibility index (Phi) is 11.6. The van der Waals surface area contributed by atoms with Crippen LogP contribution in [0.3, 0.4) is 0 Å². The molecule has 0 spiro atoms. The summed E-state index contributed by atoms with van der Waals surface area (Å²) in [4.78, 5) is 11.0. The zero-order valence-corrected chi connectivity index (χ0v) is 16.0. The van der Waals surface area contributed by atoms with Gasteiger partial charge in [-0.05, 0) is 11.8 Å². The van der Waals surface area contributed by atoms with Crippen molar-refractivity contribution in [2.45, 2.75) is 117 Å². The normalized spacial score (nSPS) is 14.7. The van der Waals surface area contributed by atoms with Gasteiger partial charge in [0.15, 0.2) is 0 Å². The van der Waals surface area contributed by atoms with Crippen molar-refractivity contribution >= 4 is 5.97 Å². The molecule has 0 saturated carbocycles. The highest BCUT2D eigenvalue weighted by Gasteiger charge is 2.41. The Morgan fingerprint density at radius 1 is 0.783 bits per heavy atom. The SMILES string of the molecule is CCCCCCCCCCCCCC(O)(CC(=O)O)C(C)(C)C. The zero-order chi connectivity index (χ0) is 17.8. The number of carboxylic acid groups (broad SMARTS) is 1. The largest absolute Gasteiger partial charge is 0.481 e. The molecule has 2 N–H and O–H groups in total. The summed E-state index contributed by atoms with van der Waals surface area (Å²) in [5.74, 6) is -0.912. The summed E-state index contributed by atoms with van der Waals surface area (Å²) in [6.45, 7) is 8.02. The first kappa shape index (κ1) is 22.4. The van der Waals surface area contributed by atoms with Gasteiger partial charge in [-0.1, -0.05) is 98.3 Å². The van der Waals surface area contributed by atoms with Crippen molar-refractivity contribution in [1.29, 1.82) is 0 Å². The summed E-state index contributed by atoms with van der Waals surface area (Å²) >= 11 is 0. The number of rotatable bonds is 14. The van der Waals surface area contributed by atoms with E-state index in [9.17, 15) is 9.90 Å². The topological polar surface area (TPSA) is 57.5 Å². The zero-order valence-electron chi connectivity index (χ0n) is 16.0. The Bertz CT molecular complexity index is 306. The summed E-state index contributed by atoms with van der Waals surface area (Å²) in [5.41, 5.74) is -1.50. The molecule has 1 atom stereocenters. The van der Waals surface area contributed by atoms with Gasteiger partial charge in [0.1, 0.15) is 0 Å². The van der Waals surface area contributed by atoms with E-state index < -0.39 is 17.0 Å². The molecule has 23 heavy (non-hydrogen) atoms. The van der Waals surface area contributed by atoms with Crippen LogP contribution in [0.25, 0.3) is 0 Å². The fraction of sp³-hybridized carbons (Fsp3) is 0.950. The molecule has 3 heteroatoms. The molecule has 0 aromatic heterocycles. The van der Waals surface area contributed by atoms with E-state index in [0.717, 1.165) is 12.8 Å². The van der Waals surface area contributed by atoms with Crippen LogP contribution in [0.15, 0.2) is 0 Å². The lowest BCUT2D eigenvalue weighted by Gasteiger charge is -2.39. The van der Waals surface area contributed by atoms with Crippen molar-refractivity contribution < 1.29 is 15.0 Å². The van der Waals surface area contributed by atoms with E-state index in [1.807, 2.05) is 20.8 Å². The van der Waals surface area contributed by atoms with Gasteiger partial charge in [0.2, 0.25) is 0 Å². The van der Waals surface area contributed by atoms with Gasteiger partial charge in [0.05, 0.1) is 12.0 Å². The standard InChI is InChI=1S/C20H40O3/c1-5-6-7-8-9-10-11-12-13-14-15-16-20(23,17-18(21)22)19(2,3)4/h23H,5-17H2,1-4H3,(H,21,22). The van der Waals surface area contributed by atoms with Gasteiger partial charge in [-0.25, -0.2) is 0 Å². The van der Waals surface area contributed by atoms with Crippen LogP contribution >= 0.6 is 0 Å². The quantitative estimate of drug-likeness (QED) is 0.388. The molecule has 0 fully saturated rings. The second-order valence-electron chi connectivity index (χ2n) is 8.14. The van der Waals surface area contributed by atoms with Crippen LogP contribution in [0.1, 0.15) is 111 Å². The first-order valence-electron chi connectivity index (χ1n) is 9.67. The van der Waals surface area contributed by atoms with E-state index in [-0.39, 0.29) is 6.42 Å². The molecule has 0 rings (SSSR count). The minimum absolute atomic E-state index is 0.158. The Hall–Kier alpha value is -0.570. The second kappa shape index (κ2) is 11.9. The molecule has 0 bridgehead atoms. The van der Waals surface area contributed by atoms with Crippen LogP contribution in [0.5, 0.6) is 0 Å². The second-order valence-corrected chi connectivity index (χ2v) is 8.14. The number of hydrogen-bond acceptors (Lipinski definition) is 2. The Morgan fingerprint density at radius 3 is 1.52 bits per heavy atom. The number of carbonyl (C=O) groups is 1. The molecule has 0 aliphatic carbocycles. The molecule has 0 amide bonds. The smallest absolute Gasteiger partial charge is 0.306 e. The van der Waals surface area contributed by atoms with Crippen LogP contribution in [-0.2, 0) is 4.79 Å². The Morgan fingerprint density at radius 2 is 1.17 bits per heavy atom. The van der Waals surface area contributed by atoms with Crippen molar-refractivity contribution in [3.8, 4) is 0 Å². The van der Waals surface area contributed by atoms with Crippen molar-refractivity contribution in [2.75, 3.05) is 0 Å². The van der Waals surface area contributed by atoms with Crippen molar-refractivity contribution in [3.63, 3.8) is 0 Å². The van der Waals surface area contributed by atoms with Gasteiger partial charge in [-0.3, -0.25) is 4.79 Å². The fourth-order valence-corrected chi connectivity index (χ4v) is 3.06. The number of hydrogen-bond donors (Lipinski definition) is 2. The van der Waals surface area contributed by atoms with Crippen LogP contribution < -0.4 is 0 Å². The van der Waals surface area contributed by atoms with Crippen LogP contribution in [0.2, 0.25) is 0 Å². The molecule has 0 aliphatic heterocycles. The molecule has 3 nitrogen and oxygen atoms in total. The average Bonchev–Trinajstić information content (AvgIpc) is 2.42. The van der Waals surface area contributed by atoms with Crippen LogP contribution in [-0.4, -0.2) is 21.8 Å². The van der Waals surface area contributed by atoms with Gasteiger partial charge in [0.25, 0.3) is 0 Å². The van der Waals surface area contributed by atoms with E-state index in [2.05, 4.69) is 6.92 Å². The minimum atomic E-state index is -1.10. The highest BCUT2D eigenvalue weighted by atomic mass is 16.4. The van der Waals surface area contributed by atoms with E-state index in [4.69, 9.17) is 5.11 Å². The maximum absolute atomic E-state index is 11.0. The third kappa shape index (κ3) is 10.8. The molecule has 0 saturated heterocycles. The molecule has 1 unspecified atom stereocenters. The third-order valence-electron chi connectivity index (χ3n) is 5.03. The van der Waals surface area contributed by atoms with Gasteiger partial charge >= 0.3 is 5.97 Å². The lowest BCUT2D eigenvalue weighted by molar-refractivity contribution is -0.149. The molecule has 0 heterocycles. The molecule has 0 aromatic carbocycles. The van der Waals surface area contributed by atoms with Gasteiger partial charge in [0, 0.05) is 0 Å². The predicted octanol–water partition coefficient (Wildman–Crippen LogP) is 5.94. The molecule has 138 valence electrons. The van der Waals surface area contributed by atoms with Crippen LogP contribution in [0.4, 0.5) is 0 Å². The molecule has 0 aromatic rings. The lowest BCUT2D eigenvalue weighted by atomic mass is 9.71. The average molecular weight is 329 g/mol. The van der Waals surface area contributed by atoms with Gasteiger partial charge < -0.3 is 10.2 Å². The number of aliphatic carboxylic acids is 1. The monoisotopic (exact) mass is 328 g/mol. The summed E-state index contributed by atoms with van der Waals surface area (Å²) in [7, 11) is 0. The van der Waals surface area contributed by atoms with E-state index in [1.165, 1.54) is 57.8 Å². The molecule has 0 aliphatic rings. The lowest BCUT2D eigenvalue weighted by Crippen LogP contribution is -2.44.